The van der Waals surface area contributed by atoms with E-state index in [1.54, 1.807) is 0 Å². The molecule has 0 fully saturated rings. The van der Waals surface area contributed by atoms with Crippen LogP contribution in [0.5, 0.6) is 23.0 Å². The number of fused-ring (bicyclic) bond motifs is 8. The Labute approximate surface area is 515 Å². The Morgan fingerprint density at radius 3 is 0.802 bits per heavy atom. The van der Waals surface area contributed by atoms with Crippen molar-refractivity contribution in [1.82, 2.24) is 39.9 Å². The quantitative estimate of drug-likeness (QED) is 0.0856. The highest BCUT2D eigenvalue weighted by atomic mass is 19.4. The lowest BCUT2D eigenvalue weighted by molar-refractivity contribution is -0.305. The SMILES string of the molecule is N#CC1=C(c2ccccc2OC(F)(F)C(F)C(F)(F)F)c2nc1nc1[nH]c(nc3nc(nc4[nH]c(n2)c(C#N)c4-c2ccccc2OC(F)(F)C(F)C(F)(F)F)C(C#N)=C3c2ccccc2OC(F)(F)C(F)C(F)(F)F)c(C#N)c1-c1ccccc1OC(F)(F)C(F)C(F)(F)F. The van der Waals surface area contributed by atoms with Gasteiger partial charge in [0.15, 0.2) is 34.6 Å². The number of hydrogen-bond acceptors (Lipinski definition) is 14. The van der Waals surface area contributed by atoms with Gasteiger partial charge in [-0.15, -0.1) is 0 Å². The average Bonchev–Trinajstić information content (AvgIpc) is 1.61. The molecule has 8 bridgehead atoms. The van der Waals surface area contributed by atoms with Crippen molar-refractivity contribution in [2.45, 2.75) is 73.8 Å². The first-order valence-corrected chi connectivity index (χ1v) is 25.5. The molecule has 0 saturated heterocycles. The molecular formula is C56H22F24N12O4. The Hall–Kier alpha value is -11.3. The highest BCUT2D eigenvalue weighted by Gasteiger charge is 2.63. The van der Waals surface area contributed by atoms with Crippen LogP contribution < -0.4 is 18.9 Å². The molecule has 16 nitrogen and oxygen atoms in total. The maximum absolute atomic E-state index is 15.3. The molecule has 40 heteroatoms. The number of allylic oxidation sites excluding steroid dienone is 2. The van der Waals surface area contributed by atoms with Crippen LogP contribution in [0.25, 0.3) is 67.1 Å². The summed E-state index contributed by atoms with van der Waals surface area (Å²) < 4.78 is 360. The summed E-state index contributed by atoms with van der Waals surface area (Å²) in [6.07, 6.45) is -69.7. The zero-order chi connectivity index (χ0) is 70.8. The van der Waals surface area contributed by atoms with E-state index in [-0.39, 0.29) is 0 Å². The predicted octanol–water partition coefficient (Wildman–Crippen LogP) is 15.4. The molecule has 3 aromatic heterocycles. The summed E-state index contributed by atoms with van der Waals surface area (Å²) in [4.78, 5) is 29.2. The summed E-state index contributed by atoms with van der Waals surface area (Å²) in [6, 6.07) is 16.7. The number of nitrogens with one attached hydrogen (secondary N) is 2. The van der Waals surface area contributed by atoms with Crippen molar-refractivity contribution in [1.29, 1.82) is 21.0 Å². The minimum atomic E-state index is -6.38. The summed E-state index contributed by atoms with van der Waals surface area (Å²) in [5, 5.41) is 43.8. The van der Waals surface area contributed by atoms with Gasteiger partial charge in [0.1, 0.15) is 80.8 Å². The molecule has 0 aliphatic carbocycles. The molecule has 4 aromatic carbocycles. The molecule has 0 saturated carbocycles. The van der Waals surface area contributed by atoms with Crippen LogP contribution in [0.1, 0.15) is 45.6 Å². The van der Waals surface area contributed by atoms with Gasteiger partial charge in [0.2, 0.25) is 0 Å². The normalized spacial score (nSPS) is 14.8. The second-order valence-electron chi connectivity index (χ2n) is 19.3. The third-order valence-corrected chi connectivity index (χ3v) is 13.0. The number of nitrogens with zero attached hydrogens (tertiary/aromatic N) is 10. The van der Waals surface area contributed by atoms with Gasteiger partial charge in [0.05, 0.1) is 11.1 Å². The van der Waals surface area contributed by atoms with Gasteiger partial charge < -0.3 is 28.9 Å². The van der Waals surface area contributed by atoms with E-state index >= 15 is 35.1 Å². The molecule has 7 aromatic rings. The van der Waals surface area contributed by atoms with Gasteiger partial charge in [-0.3, -0.25) is 0 Å². The van der Waals surface area contributed by atoms with Crippen molar-refractivity contribution in [2.24, 2.45) is 0 Å². The van der Waals surface area contributed by atoms with Crippen LogP contribution in [-0.4, -0.2) is 114 Å². The van der Waals surface area contributed by atoms with E-state index in [4.69, 9.17) is 0 Å². The molecule has 4 atom stereocenters. The van der Waals surface area contributed by atoms with E-state index in [0.29, 0.717) is 48.5 Å². The van der Waals surface area contributed by atoms with E-state index in [0.717, 1.165) is 48.5 Å². The Bertz CT molecular complexity index is 4390. The van der Waals surface area contributed by atoms with Crippen LogP contribution in [0.2, 0.25) is 0 Å². The molecule has 0 radical (unpaired) electrons. The summed E-state index contributed by atoms with van der Waals surface area (Å²) in [6.45, 7) is 0. The highest BCUT2D eigenvalue weighted by molar-refractivity contribution is 6.07. The van der Waals surface area contributed by atoms with Gasteiger partial charge in [0, 0.05) is 33.4 Å². The molecular weight excluding hydrogens is 1360 g/mol. The van der Waals surface area contributed by atoms with Crippen LogP contribution in [0.3, 0.4) is 0 Å². The van der Waals surface area contributed by atoms with E-state index in [1.807, 2.05) is 0 Å². The number of alkyl halides is 24. The Morgan fingerprint density at radius 1 is 0.312 bits per heavy atom. The van der Waals surface area contributed by atoms with Crippen molar-refractivity contribution >= 4 is 44.9 Å². The van der Waals surface area contributed by atoms with Gasteiger partial charge in [-0.1, -0.05) is 72.8 Å². The van der Waals surface area contributed by atoms with Gasteiger partial charge in [-0.05, 0) is 24.3 Å². The van der Waals surface area contributed by atoms with E-state index in [1.165, 1.54) is 24.3 Å². The molecule has 2 N–H and O–H groups in total. The molecule has 5 heterocycles. The predicted molar refractivity (Wildman–Crippen MR) is 275 cm³/mol. The molecule has 0 amide bonds. The minimum Gasteiger partial charge on any atom is -0.429 e. The topological polar surface area (TPSA) is 241 Å². The summed E-state index contributed by atoms with van der Waals surface area (Å²) in [5.41, 5.74) is -18.1. The molecule has 4 unspecified atom stereocenters. The number of aromatic nitrogens is 8. The minimum absolute atomic E-state index is 0.427. The fourth-order valence-electron chi connectivity index (χ4n) is 8.97. The van der Waals surface area contributed by atoms with Crippen LogP contribution in [0, 0.1) is 45.3 Å². The van der Waals surface area contributed by atoms with Crippen LogP contribution >= 0.6 is 0 Å². The van der Waals surface area contributed by atoms with E-state index in [9.17, 15) is 91.3 Å². The lowest BCUT2D eigenvalue weighted by atomic mass is 9.99. The number of para-hydroxylation sites is 4. The number of halogens is 24. The lowest BCUT2D eigenvalue weighted by Gasteiger charge is -2.24. The van der Waals surface area contributed by atoms with Crippen LogP contribution in [0.15, 0.2) is 97.1 Å². The summed E-state index contributed by atoms with van der Waals surface area (Å²) in [5.74, 6) is -11.1. The van der Waals surface area contributed by atoms with E-state index < -0.39 is 210 Å². The number of hydrogen-bond donors (Lipinski definition) is 2. The largest absolute Gasteiger partial charge is 0.439 e. The Balaban J connectivity index is 1.50. The second-order valence-corrected chi connectivity index (χ2v) is 19.3. The van der Waals surface area contributed by atoms with E-state index in [2.05, 4.69) is 58.8 Å². The first kappa shape index (κ1) is 69.0. The molecule has 96 heavy (non-hydrogen) atoms. The smallest absolute Gasteiger partial charge is 0.429 e. The average molecular weight is 1380 g/mol. The fraction of sp³-hybridized carbons (Fsp3) is 0.214. The first-order chi connectivity index (χ1) is 44.6. The van der Waals surface area contributed by atoms with Crippen molar-refractivity contribution < 1.29 is 124 Å². The summed E-state index contributed by atoms with van der Waals surface area (Å²) >= 11 is 0. The van der Waals surface area contributed by atoms with Crippen LogP contribution in [0.4, 0.5) is 105 Å². The van der Waals surface area contributed by atoms with Crippen molar-refractivity contribution in [3.05, 3.63) is 143 Å². The molecule has 2 aliphatic rings. The number of ether oxygens (including phenoxy) is 4. The number of benzene rings is 4. The molecule has 0 spiro atoms. The third-order valence-electron chi connectivity index (χ3n) is 13.0. The lowest BCUT2D eigenvalue weighted by Crippen LogP contribution is -2.45. The number of nitriles is 4. The highest BCUT2D eigenvalue weighted by Crippen LogP contribution is 2.49. The van der Waals surface area contributed by atoms with Crippen molar-refractivity contribution in [2.75, 3.05) is 0 Å². The maximum Gasteiger partial charge on any atom is 0.439 e. The van der Waals surface area contributed by atoms with Gasteiger partial charge in [-0.2, -0.15) is 109 Å². The summed E-state index contributed by atoms with van der Waals surface area (Å²) in [7, 11) is 0. The van der Waals surface area contributed by atoms with Crippen LogP contribution in [-0.2, 0) is 0 Å². The van der Waals surface area contributed by atoms with Gasteiger partial charge in [-0.25, -0.2) is 47.5 Å². The standard InChI is InChI=1S/C56H22F24N12O4/c57-45(49(61,62)63)53(73,74)93-29-13-5-1-9-21(29)33-25(17-81)37-85-41(33)89-38-26(18-82)34(22-10-2-6-14-30(22)94-54(75,76)46(58)50(64,65)66)43(86-38)91-40-28(20-84)36(24-12-4-8-16-32(24)96-56(79,80)48(60)52(70,71)72)44(88-40)92-39-27(19-83)35(42(87-39)90-37)23-11-3-7-15-31(23)95-55(77,78)47(59)51(67,68)69/h1-16,45-48H,(H2,85,86,87,88,89,90,91,92). The molecule has 9 rings (SSSR count). The van der Waals surface area contributed by atoms with Gasteiger partial charge in [0.25, 0.3) is 24.7 Å². The number of aromatic amines is 2. The second kappa shape index (κ2) is 24.5. The molecule has 498 valence electrons. The Kier molecular flexibility index (Phi) is 17.6. The number of H-pyrrole nitrogens is 2. The molecule has 2 aliphatic heterocycles. The zero-order valence-electron chi connectivity index (χ0n) is 45.7. The van der Waals surface area contributed by atoms with Crippen molar-refractivity contribution in [3.63, 3.8) is 0 Å². The maximum atomic E-state index is 15.3. The van der Waals surface area contributed by atoms with Crippen molar-refractivity contribution in [3.8, 4) is 69.5 Å². The number of rotatable bonds is 16. The first-order valence-electron chi connectivity index (χ1n) is 25.5. The zero-order valence-corrected chi connectivity index (χ0v) is 45.7. The fourth-order valence-corrected chi connectivity index (χ4v) is 8.97. The third kappa shape index (κ3) is 13.2. The van der Waals surface area contributed by atoms with Gasteiger partial charge >= 0.3 is 49.1 Å². The monoisotopic (exact) mass is 1380 g/mol. The Morgan fingerprint density at radius 2 is 0.552 bits per heavy atom.